The van der Waals surface area contributed by atoms with Crippen LogP contribution in [-0.2, 0) is 12.6 Å². The van der Waals surface area contributed by atoms with Crippen LogP contribution in [0.1, 0.15) is 16.8 Å². The molecule has 2 aromatic heterocycles. The van der Waals surface area contributed by atoms with Crippen molar-refractivity contribution in [2.24, 2.45) is 0 Å². The second kappa shape index (κ2) is 5.37. The Labute approximate surface area is 136 Å². The van der Waals surface area contributed by atoms with Crippen molar-refractivity contribution in [3.8, 4) is 0 Å². The van der Waals surface area contributed by atoms with E-state index in [1.165, 1.54) is 12.1 Å². The SMILES string of the molecule is FC(F)(F)c1ccccc1Cc1ccc2c(n1)[nH]c1ccccc12. The zero-order valence-electron chi connectivity index (χ0n) is 12.6. The fourth-order valence-electron chi connectivity index (χ4n) is 3.01. The average molecular weight is 326 g/mol. The molecule has 0 saturated carbocycles. The lowest BCUT2D eigenvalue weighted by atomic mass is 10.0. The third kappa shape index (κ3) is 2.52. The predicted molar refractivity (Wildman–Crippen MR) is 87.8 cm³/mol. The first kappa shape index (κ1) is 14.8. The fraction of sp³-hybridized carbons (Fsp3) is 0.105. The maximum absolute atomic E-state index is 13.1. The van der Waals surface area contributed by atoms with Crippen molar-refractivity contribution in [1.29, 1.82) is 0 Å². The van der Waals surface area contributed by atoms with Crippen molar-refractivity contribution >= 4 is 21.9 Å². The number of pyridine rings is 1. The van der Waals surface area contributed by atoms with Gasteiger partial charge in [0.05, 0.1) is 5.56 Å². The van der Waals surface area contributed by atoms with Crippen LogP contribution < -0.4 is 0 Å². The molecule has 0 spiro atoms. The Kier molecular flexibility index (Phi) is 3.30. The first-order valence-electron chi connectivity index (χ1n) is 7.54. The van der Waals surface area contributed by atoms with E-state index >= 15 is 0 Å². The van der Waals surface area contributed by atoms with Gasteiger partial charge in [-0.2, -0.15) is 13.2 Å². The number of halogens is 3. The molecule has 0 radical (unpaired) electrons. The highest BCUT2D eigenvalue weighted by Crippen LogP contribution is 2.33. The molecule has 0 saturated heterocycles. The van der Waals surface area contributed by atoms with Crippen molar-refractivity contribution in [3.05, 3.63) is 77.5 Å². The average Bonchev–Trinajstić information content (AvgIpc) is 2.92. The van der Waals surface area contributed by atoms with E-state index in [9.17, 15) is 13.2 Å². The molecule has 4 aromatic rings. The number of aromatic nitrogens is 2. The summed E-state index contributed by atoms with van der Waals surface area (Å²) in [6, 6.07) is 17.2. The van der Waals surface area contributed by atoms with Gasteiger partial charge >= 0.3 is 6.18 Å². The van der Waals surface area contributed by atoms with Gasteiger partial charge in [-0.1, -0.05) is 36.4 Å². The molecular formula is C19H13F3N2. The third-order valence-corrected chi connectivity index (χ3v) is 4.12. The van der Waals surface area contributed by atoms with E-state index in [-0.39, 0.29) is 12.0 Å². The summed E-state index contributed by atoms with van der Waals surface area (Å²) in [4.78, 5) is 7.72. The summed E-state index contributed by atoms with van der Waals surface area (Å²) < 4.78 is 39.4. The number of alkyl halides is 3. The van der Waals surface area contributed by atoms with E-state index in [1.54, 1.807) is 12.1 Å². The number of fused-ring (bicyclic) bond motifs is 3. The van der Waals surface area contributed by atoms with E-state index in [4.69, 9.17) is 0 Å². The number of rotatable bonds is 2. The van der Waals surface area contributed by atoms with Crippen LogP contribution in [0.4, 0.5) is 13.2 Å². The topological polar surface area (TPSA) is 28.7 Å². The monoisotopic (exact) mass is 326 g/mol. The summed E-state index contributed by atoms with van der Waals surface area (Å²) in [7, 11) is 0. The second-order valence-electron chi connectivity index (χ2n) is 5.70. The van der Waals surface area contributed by atoms with Crippen LogP contribution >= 0.6 is 0 Å². The maximum atomic E-state index is 13.1. The number of hydrogen-bond donors (Lipinski definition) is 1. The molecule has 120 valence electrons. The molecule has 0 atom stereocenters. The molecule has 4 rings (SSSR count). The van der Waals surface area contributed by atoms with Gasteiger partial charge in [0.1, 0.15) is 5.65 Å². The van der Waals surface area contributed by atoms with Crippen LogP contribution in [0.25, 0.3) is 21.9 Å². The number of nitrogens with one attached hydrogen (secondary N) is 1. The second-order valence-corrected chi connectivity index (χ2v) is 5.70. The molecule has 0 amide bonds. The van der Waals surface area contributed by atoms with Crippen molar-refractivity contribution in [2.45, 2.75) is 12.6 Å². The summed E-state index contributed by atoms with van der Waals surface area (Å²) in [5.41, 5.74) is 1.88. The lowest BCUT2D eigenvalue weighted by molar-refractivity contribution is -0.138. The molecule has 0 aliphatic rings. The Morgan fingerprint density at radius 2 is 1.58 bits per heavy atom. The quantitative estimate of drug-likeness (QED) is 0.530. The molecule has 2 nitrogen and oxygen atoms in total. The number of benzene rings is 2. The minimum atomic E-state index is -4.36. The largest absolute Gasteiger partial charge is 0.416 e. The van der Waals surface area contributed by atoms with Crippen LogP contribution in [0.3, 0.4) is 0 Å². The predicted octanol–water partition coefficient (Wildman–Crippen LogP) is 5.33. The van der Waals surface area contributed by atoms with E-state index in [2.05, 4.69) is 9.97 Å². The number of nitrogens with zero attached hydrogens (tertiary/aromatic N) is 1. The number of aromatic amines is 1. The molecular weight excluding hydrogens is 313 g/mol. The standard InChI is InChI=1S/C19H13F3N2/c20-19(21,22)16-7-3-1-5-12(16)11-13-9-10-15-14-6-2-4-8-17(14)24-18(15)23-13/h1-10H,11H2,(H,23,24). The number of para-hydroxylation sites is 1. The van der Waals surface area contributed by atoms with E-state index in [1.807, 2.05) is 30.3 Å². The van der Waals surface area contributed by atoms with E-state index in [0.29, 0.717) is 11.3 Å². The summed E-state index contributed by atoms with van der Waals surface area (Å²) in [6.07, 6.45) is -4.22. The van der Waals surface area contributed by atoms with Gasteiger partial charge in [0.25, 0.3) is 0 Å². The molecule has 0 bridgehead atoms. The Morgan fingerprint density at radius 3 is 2.42 bits per heavy atom. The summed E-state index contributed by atoms with van der Waals surface area (Å²) in [5.74, 6) is 0. The van der Waals surface area contributed by atoms with E-state index in [0.717, 1.165) is 22.4 Å². The zero-order valence-corrected chi connectivity index (χ0v) is 12.6. The molecule has 2 heterocycles. The van der Waals surface area contributed by atoms with Gasteiger partial charge in [-0.05, 0) is 29.8 Å². The summed E-state index contributed by atoms with van der Waals surface area (Å²) in [5, 5.41) is 2.03. The maximum Gasteiger partial charge on any atom is 0.416 e. The van der Waals surface area contributed by atoms with Crippen LogP contribution in [0.5, 0.6) is 0 Å². The molecule has 0 fully saturated rings. The molecule has 0 aliphatic carbocycles. The van der Waals surface area contributed by atoms with Gasteiger partial charge in [-0.15, -0.1) is 0 Å². The lowest BCUT2D eigenvalue weighted by Gasteiger charge is -2.12. The number of H-pyrrole nitrogens is 1. The Balaban J connectivity index is 1.77. The highest BCUT2D eigenvalue weighted by Gasteiger charge is 2.32. The van der Waals surface area contributed by atoms with E-state index < -0.39 is 11.7 Å². The van der Waals surface area contributed by atoms with Gasteiger partial charge in [-0.25, -0.2) is 4.98 Å². The van der Waals surface area contributed by atoms with Crippen LogP contribution in [0.2, 0.25) is 0 Å². The van der Waals surface area contributed by atoms with Gasteiger partial charge in [0.15, 0.2) is 0 Å². The molecule has 5 heteroatoms. The Hall–Kier alpha value is -2.82. The van der Waals surface area contributed by atoms with Crippen LogP contribution in [0, 0.1) is 0 Å². The molecule has 1 N–H and O–H groups in total. The molecule has 24 heavy (non-hydrogen) atoms. The molecule has 2 aromatic carbocycles. The fourth-order valence-corrected chi connectivity index (χ4v) is 3.01. The minimum Gasteiger partial charge on any atom is -0.339 e. The Bertz CT molecular complexity index is 1030. The third-order valence-electron chi connectivity index (χ3n) is 4.12. The van der Waals surface area contributed by atoms with Crippen LogP contribution in [-0.4, -0.2) is 9.97 Å². The normalized spacial score (nSPS) is 12.1. The number of hydrogen-bond acceptors (Lipinski definition) is 1. The van der Waals surface area contributed by atoms with Gasteiger partial charge in [0, 0.05) is 28.4 Å². The minimum absolute atomic E-state index is 0.140. The molecule has 0 unspecified atom stereocenters. The molecule has 0 aliphatic heterocycles. The lowest BCUT2D eigenvalue weighted by Crippen LogP contribution is -2.09. The zero-order chi connectivity index (χ0) is 16.7. The summed E-state index contributed by atoms with van der Waals surface area (Å²) in [6.45, 7) is 0. The first-order valence-corrected chi connectivity index (χ1v) is 7.54. The van der Waals surface area contributed by atoms with Crippen LogP contribution in [0.15, 0.2) is 60.7 Å². The highest BCUT2D eigenvalue weighted by molar-refractivity contribution is 6.05. The van der Waals surface area contributed by atoms with Gasteiger partial charge in [-0.3, -0.25) is 0 Å². The van der Waals surface area contributed by atoms with Crippen molar-refractivity contribution in [2.75, 3.05) is 0 Å². The van der Waals surface area contributed by atoms with Gasteiger partial charge < -0.3 is 4.98 Å². The van der Waals surface area contributed by atoms with Crippen molar-refractivity contribution in [3.63, 3.8) is 0 Å². The van der Waals surface area contributed by atoms with Gasteiger partial charge in [0.2, 0.25) is 0 Å². The highest BCUT2D eigenvalue weighted by atomic mass is 19.4. The Morgan fingerprint density at radius 1 is 0.833 bits per heavy atom. The van der Waals surface area contributed by atoms with Crippen molar-refractivity contribution < 1.29 is 13.2 Å². The first-order chi connectivity index (χ1) is 11.5. The smallest absolute Gasteiger partial charge is 0.339 e. The van der Waals surface area contributed by atoms with Crippen molar-refractivity contribution in [1.82, 2.24) is 9.97 Å². The summed E-state index contributed by atoms with van der Waals surface area (Å²) >= 11 is 0.